The first-order chi connectivity index (χ1) is 27.8. The topological polar surface area (TPSA) is 27.7 Å². The molecule has 0 spiro atoms. The molecule has 1 atom stereocenters. The molecule has 0 aromatic heterocycles. The van der Waals surface area contributed by atoms with E-state index in [1.807, 2.05) is 0 Å². The van der Waals surface area contributed by atoms with E-state index >= 15 is 13.2 Å². The van der Waals surface area contributed by atoms with Gasteiger partial charge in [0.15, 0.2) is 0 Å². The van der Waals surface area contributed by atoms with Crippen LogP contribution in [0.4, 0.5) is 79.0 Å². The van der Waals surface area contributed by atoms with Gasteiger partial charge in [-0.1, -0.05) is 40.0 Å². The molecule has 3 aromatic carbocycles. The smallest absolute Gasteiger partial charge is 0.490 e. The van der Waals surface area contributed by atoms with Crippen LogP contribution in [0.5, 0.6) is 17.2 Å². The van der Waals surface area contributed by atoms with Crippen LogP contribution in [-0.2, 0) is 37.1 Å². The van der Waals surface area contributed by atoms with E-state index in [2.05, 4.69) is 0 Å². The summed E-state index contributed by atoms with van der Waals surface area (Å²) in [5, 5.41) is 0. The molecule has 3 aromatic rings. The molecule has 0 aliphatic carbocycles. The summed E-state index contributed by atoms with van der Waals surface area (Å²) in [5.41, 5.74) is -13.4. The van der Waals surface area contributed by atoms with E-state index in [0.29, 0.717) is 38.5 Å². The maximum atomic E-state index is 15.0. The fourth-order valence-electron chi connectivity index (χ4n) is 6.55. The van der Waals surface area contributed by atoms with Crippen LogP contribution in [0.3, 0.4) is 0 Å². The number of nitrogens with zero attached hydrogens (tertiary/aromatic N) is 1. The molecule has 342 valence electrons. The molecule has 0 amide bonds. The Morgan fingerprint density at radius 3 is 1.03 bits per heavy atom. The molecule has 23 heteroatoms. The summed E-state index contributed by atoms with van der Waals surface area (Å²) in [7, 11) is -3.27. The monoisotopic (exact) mass is 910 g/mol. The second-order valence-corrected chi connectivity index (χ2v) is 14.2. The fraction of sp³-hybridized carbons (Fsp3) is 0.526. The highest BCUT2D eigenvalue weighted by Gasteiger charge is 2.48. The van der Waals surface area contributed by atoms with Gasteiger partial charge in [0, 0.05) is 0 Å². The Morgan fingerprint density at radius 2 is 0.754 bits per heavy atom. The Morgan fingerprint density at radius 1 is 0.443 bits per heavy atom. The molecule has 0 saturated carbocycles. The van der Waals surface area contributed by atoms with Crippen molar-refractivity contribution in [1.82, 2.24) is 0 Å². The highest BCUT2D eigenvalue weighted by molar-refractivity contribution is 6.39. The maximum Gasteiger partial charge on any atom is 0.864 e. The van der Waals surface area contributed by atoms with Crippen molar-refractivity contribution in [1.29, 1.82) is 0 Å². The van der Waals surface area contributed by atoms with Gasteiger partial charge >= 0.3 is 44.4 Å². The summed E-state index contributed by atoms with van der Waals surface area (Å²) >= 11 is 0. The summed E-state index contributed by atoms with van der Waals surface area (Å²) in [6, 6.07) is -3.19. The van der Waals surface area contributed by atoms with Crippen LogP contribution in [0.25, 0.3) is 0 Å². The average molecular weight is 911 g/mol. The van der Waals surface area contributed by atoms with Gasteiger partial charge in [0.1, 0.15) is 23.3 Å². The van der Waals surface area contributed by atoms with Gasteiger partial charge in [-0.25, -0.2) is 0 Å². The quantitative estimate of drug-likeness (QED) is 0.0767. The van der Waals surface area contributed by atoms with Gasteiger partial charge in [0.2, 0.25) is 0 Å². The van der Waals surface area contributed by atoms with E-state index in [9.17, 15) is 65.9 Å². The van der Waals surface area contributed by atoms with Crippen LogP contribution in [-0.4, -0.2) is 31.4 Å². The second kappa shape index (κ2) is 19.1. The number of benzene rings is 3. The van der Waals surface area contributed by atoms with Crippen LogP contribution in [0.15, 0.2) is 48.5 Å². The Labute approximate surface area is 338 Å². The maximum absolute atomic E-state index is 15.0. The predicted molar refractivity (Wildman–Crippen MR) is 185 cm³/mol. The van der Waals surface area contributed by atoms with Gasteiger partial charge < -0.3 is 18.4 Å². The minimum absolute atomic E-state index is 0.0184. The summed E-state index contributed by atoms with van der Waals surface area (Å²) in [6.45, 7) is 6.89. The van der Waals surface area contributed by atoms with Crippen LogP contribution in [0.2, 0.25) is 0 Å². The van der Waals surface area contributed by atoms with Gasteiger partial charge in [-0.3, -0.25) is 0 Å². The zero-order chi connectivity index (χ0) is 46.6. The van der Waals surface area contributed by atoms with Gasteiger partial charge in [0.05, 0.1) is 58.6 Å². The predicted octanol–water partition coefficient (Wildman–Crippen LogP) is 14.6. The summed E-state index contributed by atoms with van der Waals surface area (Å²) in [5.74, 6) is -4.61. The Balaban J connectivity index is 2.52. The summed E-state index contributed by atoms with van der Waals surface area (Å²) < 4.78 is 269. The Hall–Kier alpha value is -4.18. The van der Waals surface area contributed by atoms with Crippen LogP contribution in [0.1, 0.15) is 111 Å². The number of quaternary nitrogens is 1. The molecule has 0 radical (unpaired) electrons. The third kappa shape index (κ3) is 13.7. The van der Waals surface area contributed by atoms with E-state index in [0.717, 1.165) is 0 Å². The highest BCUT2D eigenvalue weighted by Crippen LogP contribution is 2.48. The molecule has 0 heterocycles. The number of halogens is 18. The lowest BCUT2D eigenvalue weighted by Crippen LogP contribution is -2.52. The Kier molecular flexibility index (Phi) is 16.0. The van der Waals surface area contributed by atoms with Crippen molar-refractivity contribution in [3.8, 4) is 17.2 Å². The Bertz CT molecular complexity index is 1750. The molecule has 0 fully saturated rings. The first-order valence-corrected chi connectivity index (χ1v) is 18.5. The molecule has 0 bridgehead atoms. The zero-order valence-corrected chi connectivity index (χ0v) is 32.6. The van der Waals surface area contributed by atoms with Crippen molar-refractivity contribution in [2.24, 2.45) is 0 Å². The summed E-state index contributed by atoms with van der Waals surface area (Å²) in [4.78, 5) is 0. The standard InChI is InChI=1S/C38H39BF18NO3/c1-5-8-11-58(12-9-6-2,13-10-7-3)22(4)32-30(38(55,56)57)20-27(37(52,53)54)21-31(32)61-39(59-28-16-23(33(40,41)42)14-24(17-28)34(43,44)45)60-29-18-25(35(46,47)48)15-26(19-29)36(49,50)51/h14-22H,5-13H2,1-4H3/q+1. The first kappa shape index (κ1) is 51.2. The van der Waals surface area contributed by atoms with Crippen molar-refractivity contribution >= 4 is 7.32 Å². The lowest BCUT2D eigenvalue weighted by atomic mass is 9.92. The molecular formula is C38H39BF18NO3+. The highest BCUT2D eigenvalue weighted by atomic mass is 19.4. The van der Waals surface area contributed by atoms with Crippen molar-refractivity contribution in [2.45, 2.75) is 109 Å². The molecule has 0 saturated heterocycles. The summed E-state index contributed by atoms with van der Waals surface area (Å²) in [6.07, 6.45) is -31.0. The fourth-order valence-corrected chi connectivity index (χ4v) is 6.55. The second-order valence-electron chi connectivity index (χ2n) is 14.2. The van der Waals surface area contributed by atoms with E-state index < -0.39 is 119 Å². The van der Waals surface area contributed by atoms with E-state index in [4.69, 9.17) is 14.0 Å². The average Bonchev–Trinajstić information content (AvgIpc) is 3.11. The molecule has 61 heavy (non-hydrogen) atoms. The molecule has 3 rings (SSSR count). The van der Waals surface area contributed by atoms with E-state index in [1.165, 1.54) is 6.92 Å². The van der Waals surface area contributed by atoms with Gasteiger partial charge in [-0.15, -0.1) is 0 Å². The van der Waals surface area contributed by atoms with Crippen molar-refractivity contribution in [2.75, 3.05) is 19.6 Å². The minimum Gasteiger partial charge on any atom is -0.490 e. The van der Waals surface area contributed by atoms with Gasteiger partial charge in [0.25, 0.3) is 0 Å². The number of rotatable bonds is 17. The molecule has 0 aliphatic heterocycles. The third-order valence-corrected chi connectivity index (χ3v) is 9.70. The van der Waals surface area contributed by atoms with Gasteiger partial charge in [-0.2, -0.15) is 79.0 Å². The molecule has 4 nitrogen and oxygen atoms in total. The zero-order valence-electron chi connectivity index (χ0n) is 32.6. The molecular weight excluding hydrogens is 871 g/mol. The number of hydrogen-bond acceptors (Lipinski definition) is 3. The normalized spacial score (nSPS) is 13.9. The van der Waals surface area contributed by atoms with Crippen LogP contribution >= 0.6 is 0 Å². The van der Waals surface area contributed by atoms with Crippen molar-refractivity contribution < 1.29 is 97.5 Å². The number of unbranched alkanes of at least 4 members (excludes halogenated alkanes) is 3. The first-order valence-electron chi connectivity index (χ1n) is 18.5. The lowest BCUT2D eigenvalue weighted by Gasteiger charge is -2.45. The lowest BCUT2D eigenvalue weighted by molar-refractivity contribution is -0.956. The molecule has 1 unspecified atom stereocenters. The number of alkyl halides is 18. The third-order valence-electron chi connectivity index (χ3n) is 9.70. The largest absolute Gasteiger partial charge is 0.864 e. The van der Waals surface area contributed by atoms with Crippen molar-refractivity contribution in [3.05, 3.63) is 87.5 Å². The van der Waals surface area contributed by atoms with Crippen LogP contribution in [0, 0.1) is 0 Å². The molecule has 0 aliphatic rings. The van der Waals surface area contributed by atoms with Gasteiger partial charge in [-0.05, 0) is 74.7 Å². The SMILES string of the molecule is CCCC[N+](CCCC)(CCCC)C(C)c1c(OB(Oc2cc(C(F)(F)F)cc(C(F)(F)F)c2)Oc2cc(C(F)(F)F)cc(C(F)(F)F)c2)cc(C(F)(F)F)cc1C(F)(F)F. The van der Waals surface area contributed by atoms with E-state index in [-0.39, 0.29) is 60.5 Å². The van der Waals surface area contributed by atoms with E-state index in [1.54, 1.807) is 20.8 Å². The number of hydrogen-bond donors (Lipinski definition) is 0. The van der Waals surface area contributed by atoms with Crippen molar-refractivity contribution in [3.63, 3.8) is 0 Å². The molecule has 0 N–H and O–H groups in total. The minimum atomic E-state index is -5.64. The van der Waals surface area contributed by atoms with Crippen LogP contribution < -0.4 is 14.0 Å².